The Labute approximate surface area is 116 Å². The molecule has 0 radical (unpaired) electrons. The van der Waals surface area contributed by atoms with Crippen LogP contribution in [0.25, 0.3) is 0 Å². The zero-order valence-electron chi connectivity index (χ0n) is 12.1. The Hall–Kier alpha value is -0.510. The van der Waals surface area contributed by atoms with Crippen molar-refractivity contribution < 1.29 is 0 Å². The molecule has 3 heteroatoms. The van der Waals surface area contributed by atoms with Crippen molar-refractivity contribution in [3.8, 4) is 0 Å². The van der Waals surface area contributed by atoms with Crippen molar-refractivity contribution in [2.45, 2.75) is 37.8 Å². The van der Waals surface area contributed by atoms with Crippen molar-refractivity contribution in [3.05, 3.63) is 29.8 Å². The minimum absolute atomic E-state index is 0.546. The lowest BCUT2D eigenvalue weighted by molar-refractivity contribution is 0.410. The molecule has 0 aliphatic carbocycles. The number of nitrogens with zero attached hydrogens (tertiary/aromatic N) is 1. The van der Waals surface area contributed by atoms with Crippen molar-refractivity contribution in [2.24, 2.45) is 0 Å². The Morgan fingerprint density at radius 2 is 1.83 bits per heavy atom. The van der Waals surface area contributed by atoms with Crippen LogP contribution < -0.4 is 5.32 Å². The molecule has 0 saturated heterocycles. The summed E-state index contributed by atoms with van der Waals surface area (Å²) in [4.78, 5) is 3.61. The van der Waals surface area contributed by atoms with Gasteiger partial charge in [-0.2, -0.15) is 0 Å². The number of hydrogen-bond donors (Lipinski definition) is 1. The van der Waals surface area contributed by atoms with Gasteiger partial charge in [0.15, 0.2) is 0 Å². The average Bonchev–Trinajstić information content (AvgIpc) is 2.33. The van der Waals surface area contributed by atoms with E-state index in [0.717, 1.165) is 6.54 Å². The monoisotopic (exact) mass is 266 g/mol. The van der Waals surface area contributed by atoms with Crippen LogP contribution in [0.4, 0.5) is 0 Å². The van der Waals surface area contributed by atoms with Crippen LogP contribution in [0.15, 0.2) is 29.2 Å². The van der Waals surface area contributed by atoms with Crippen LogP contribution in [0.3, 0.4) is 0 Å². The molecule has 0 atom stereocenters. The zero-order chi connectivity index (χ0) is 13.4. The van der Waals surface area contributed by atoms with Gasteiger partial charge in [-0.15, -0.1) is 11.8 Å². The van der Waals surface area contributed by atoms with Crippen LogP contribution in [0.1, 0.15) is 25.8 Å². The number of benzene rings is 1. The molecule has 0 fully saturated rings. The second-order valence-corrected chi connectivity index (χ2v) is 6.35. The average molecular weight is 266 g/mol. The van der Waals surface area contributed by atoms with Crippen molar-refractivity contribution in [1.29, 1.82) is 0 Å². The second kappa shape index (κ2) is 8.57. The molecule has 18 heavy (non-hydrogen) atoms. The molecule has 1 rings (SSSR count). The van der Waals surface area contributed by atoms with Crippen molar-refractivity contribution >= 4 is 11.8 Å². The Morgan fingerprint density at radius 3 is 2.39 bits per heavy atom. The Bertz CT molecular complexity index is 320. The zero-order valence-corrected chi connectivity index (χ0v) is 12.9. The van der Waals surface area contributed by atoms with Crippen LogP contribution in [0, 0.1) is 0 Å². The van der Waals surface area contributed by atoms with Crippen LogP contribution in [-0.2, 0) is 6.54 Å². The number of thioether (sulfide) groups is 1. The van der Waals surface area contributed by atoms with Crippen molar-refractivity contribution in [2.75, 3.05) is 26.4 Å². The molecule has 0 spiro atoms. The summed E-state index contributed by atoms with van der Waals surface area (Å²) in [5.41, 5.74) is 1.36. The third kappa shape index (κ3) is 7.04. The van der Waals surface area contributed by atoms with Gasteiger partial charge in [0.2, 0.25) is 0 Å². The topological polar surface area (TPSA) is 15.3 Å². The predicted octanol–water partition coefficient (Wildman–Crippen LogP) is 3.23. The molecule has 1 N–H and O–H groups in total. The lowest BCUT2D eigenvalue weighted by Gasteiger charge is -2.10. The lowest BCUT2D eigenvalue weighted by Crippen LogP contribution is -2.21. The number of hydrogen-bond acceptors (Lipinski definition) is 3. The Balaban J connectivity index is 2.27. The Kier molecular flexibility index (Phi) is 7.40. The van der Waals surface area contributed by atoms with E-state index in [-0.39, 0.29) is 0 Å². The highest BCUT2D eigenvalue weighted by Gasteiger charge is 1.98. The van der Waals surface area contributed by atoms with Gasteiger partial charge >= 0.3 is 0 Å². The van der Waals surface area contributed by atoms with Gasteiger partial charge in [-0.3, -0.25) is 0 Å². The van der Waals surface area contributed by atoms with E-state index in [1.807, 2.05) is 11.8 Å². The maximum Gasteiger partial charge on any atom is 0.0207 e. The fourth-order valence-electron chi connectivity index (χ4n) is 1.60. The maximum atomic E-state index is 3.43. The summed E-state index contributed by atoms with van der Waals surface area (Å²) in [5.74, 6) is 1.20. The van der Waals surface area contributed by atoms with E-state index in [0.29, 0.717) is 6.04 Å². The van der Waals surface area contributed by atoms with Gasteiger partial charge < -0.3 is 10.2 Å². The Morgan fingerprint density at radius 1 is 1.17 bits per heavy atom. The first-order valence-electron chi connectivity index (χ1n) is 6.68. The molecule has 102 valence electrons. The largest absolute Gasteiger partial charge is 0.310 e. The van der Waals surface area contributed by atoms with E-state index in [1.54, 1.807) is 0 Å². The molecule has 0 heterocycles. The minimum atomic E-state index is 0.546. The van der Waals surface area contributed by atoms with E-state index in [2.05, 4.69) is 62.4 Å². The highest BCUT2D eigenvalue weighted by molar-refractivity contribution is 7.99. The van der Waals surface area contributed by atoms with E-state index in [4.69, 9.17) is 0 Å². The molecule has 0 aliphatic rings. The molecule has 0 unspecified atom stereocenters. The fraction of sp³-hybridized carbons (Fsp3) is 0.600. The van der Waals surface area contributed by atoms with Crippen LogP contribution in [0.2, 0.25) is 0 Å². The van der Waals surface area contributed by atoms with Gasteiger partial charge in [-0.25, -0.2) is 0 Å². The maximum absolute atomic E-state index is 3.43. The molecule has 0 amide bonds. The van der Waals surface area contributed by atoms with Crippen LogP contribution in [-0.4, -0.2) is 37.3 Å². The van der Waals surface area contributed by atoms with Gasteiger partial charge in [0.1, 0.15) is 0 Å². The van der Waals surface area contributed by atoms with E-state index < -0.39 is 0 Å². The van der Waals surface area contributed by atoms with E-state index >= 15 is 0 Å². The highest BCUT2D eigenvalue weighted by Crippen LogP contribution is 2.19. The SMILES string of the molecule is CC(C)NCc1ccc(SCCCN(C)C)cc1. The van der Waals surface area contributed by atoms with Gasteiger partial charge in [0.05, 0.1) is 0 Å². The molecule has 0 aromatic heterocycles. The second-order valence-electron chi connectivity index (χ2n) is 5.18. The molecule has 1 aromatic rings. The molecule has 2 nitrogen and oxygen atoms in total. The summed E-state index contributed by atoms with van der Waals surface area (Å²) in [6.07, 6.45) is 1.24. The van der Waals surface area contributed by atoms with Crippen LogP contribution >= 0.6 is 11.8 Å². The molecular weight excluding hydrogens is 240 g/mol. The molecule has 0 bridgehead atoms. The molecule has 1 aromatic carbocycles. The summed E-state index contributed by atoms with van der Waals surface area (Å²) < 4.78 is 0. The highest BCUT2D eigenvalue weighted by atomic mass is 32.2. The summed E-state index contributed by atoms with van der Waals surface area (Å²) in [6.45, 7) is 6.48. The van der Waals surface area contributed by atoms with Crippen molar-refractivity contribution in [1.82, 2.24) is 10.2 Å². The standard InChI is InChI=1S/C15H26N2S/c1-13(2)16-12-14-6-8-15(9-7-14)18-11-5-10-17(3)4/h6-9,13,16H,5,10-12H2,1-4H3. The predicted molar refractivity (Wildman–Crippen MR) is 82.3 cm³/mol. The molecular formula is C15H26N2S. The smallest absolute Gasteiger partial charge is 0.0207 e. The van der Waals surface area contributed by atoms with Crippen LogP contribution in [0.5, 0.6) is 0 Å². The molecule has 0 aliphatic heterocycles. The first-order valence-corrected chi connectivity index (χ1v) is 7.66. The van der Waals surface area contributed by atoms with Gasteiger partial charge in [0, 0.05) is 17.5 Å². The van der Waals surface area contributed by atoms with E-state index in [1.165, 1.54) is 29.2 Å². The third-order valence-corrected chi connectivity index (χ3v) is 3.75. The first kappa shape index (κ1) is 15.5. The summed E-state index contributed by atoms with van der Waals surface area (Å²) in [5, 5.41) is 3.43. The summed E-state index contributed by atoms with van der Waals surface area (Å²) in [6, 6.07) is 9.47. The first-order chi connectivity index (χ1) is 8.58. The number of rotatable bonds is 8. The summed E-state index contributed by atoms with van der Waals surface area (Å²) >= 11 is 1.95. The minimum Gasteiger partial charge on any atom is -0.310 e. The van der Waals surface area contributed by atoms with Gasteiger partial charge in [-0.1, -0.05) is 26.0 Å². The quantitative estimate of drug-likeness (QED) is 0.574. The van der Waals surface area contributed by atoms with Crippen molar-refractivity contribution in [3.63, 3.8) is 0 Å². The fourth-order valence-corrected chi connectivity index (χ4v) is 2.43. The van der Waals surface area contributed by atoms with Gasteiger partial charge in [0.25, 0.3) is 0 Å². The molecule has 0 saturated carbocycles. The normalized spacial score (nSPS) is 11.4. The third-order valence-electron chi connectivity index (χ3n) is 2.66. The number of nitrogens with one attached hydrogen (secondary N) is 1. The lowest BCUT2D eigenvalue weighted by atomic mass is 10.2. The van der Waals surface area contributed by atoms with Gasteiger partial charge in [-0.05, 0) is 50.5 Å². The van der Waals surface area contributed by atoms with E-state index in [9.17, 15) is 0 Å². The summed E-state index contributed by atoms with van der Waals surface area (Å²) in [7, 11) is 4.25.